The predicted octanol–water partition coefficient (Wildman–Crippen LogP) is 3.56. The molecular weight excluding hydrogens is 342 g/mol. The maximum Gasteiger partial charge on any atom is 0.225 e. The molecule has 6 nitrogen and oxygen atoms in total. The van der Waals surface area contributed by atoms with E-state index in [0.717, 1.165) is 44.8 Å². The van der Waals surface area contributed by atoms with E-state index in [0.29, 0.717) is 24.1 Å². The maximum atomic E-state index is 12.1. The van der Waals surface area contributed by atoms with Gasteiger partial charge in [-0.2, -0.15) is 0 Å². The number of aromatic nitrogens is 2. The molecule has 1 amide bonds. The van der Waals surface area contributed by atoms with Crippen LogP contribution < -0.4 is 10.1 Å². The van der Waals surface area contributed by atoms with Crippen molar-refractivity contribution in [3.63, 3.8) is 0 Å². The van der Waals surface area contributed by atoms with Crippen molar-refractivity contribution in [3.8, 4) is 5.88 Å². The minimum Gasteiger partial charge on any atom is -0.474 e. The van der Waals surface area contributed by atoms with Crippen molar-refractivity contribution in [2.75, 3.05) is 18.5 Å². The van der Waals surface area contributed by atoms with E-state index >= 15 is 0 Å². The number of nitrogens with one attached hydrogen (secondary N) is 1. The van der Waals surface area contributed by atoms with Gasteiger partial charge in [0.1, 0.15) is 11.9 Å². The molecule has 0 bridgehead atoms. The summed E-state index contributed by atoms with van der Waals surface area (Å²) in [4.78, 5) is 20.7. The lowest BCUT2D eigenvalue weighted by Crippen LogP contribution is -2.36. The van der Waals surface area contributed by atoms with Crippen LogP contribution in [0.15, 0.2) is 42.7 Å². The van der Waals surface area contributed by atoms with Gasteiger partial charge in [-0.1, -0.05) is 12.1 Å². The number of amides is 1. The average molecular weight is 367 g/mol. The Labute approximate surface area is 159 Å². The van der Waals surface area contributed by atoms with Gasteiger partial charge in [0.25, 0.3) is 0 Å². The van der Waals surface area contributed by atoms with Crippen LogP contribution in [0.3, 0.4) is 0 Å². The Morgan fingerprint density at radius 2 is 1.93 bits per heavy atom. The molecule has 0 aromatic carbocycles. The highest BCUT2D eigenvalue weighted by molar-refractivity contribution is 5.89. The van der Waals surface area contributed by atoms with Gasteiger partial charge < -0.3 is 14.8 Å². The third-order valence-corrected chi connectivity index (χ3v) is 5.34. The predicted molar refractivity (Wildman–Crippen MR) is 102 cm³/mol. The molecule has 2 aromatic rings. The number of anilines is 1. The Kier molecular flexibility index (Phi) is 5.63. The number of hydrogen-bond acceptors (Lipinski definition) is 5. The molecule has 1 saturated heterocycles. The molecule has 3 heterocycles. The zero-order valence-corrected chi connectivity index (χ0v) is 15.3. The lowest BCUT2D eigenvalue weighted by Gasteiger charge is -2.35. The first-order valence-electron chi connectivity index (χ1n) is 9.68. The summed E-state index contributed by atoms with van der Waals surface area (Å²) in [7, 11) is 0. The standard InChI is InChI=1S/C21H25N3O3/c25-20(24-19-5-1-2-8-22-19)14-15-12-17(13-15)27-21-18(4-3-9-23-21)16-6-10-26-11-7-16/h1-5,8-9,15-17H,6-7,10-14H2,(H,22,24,25). The van der Waals surface area contributed by atoms with Gasteiger partial charge in [0.05, 0.1) is 0 Å². The summed E-state index contributed by atoms with van der Waals surface area (Å²) in [5, 5.41) is 2.84. The molecule has 2 aliphatic rings. The SMILES string of the molecule is O=C(CC1CC(Oc2ncccc2C2CCOCC2)C1)Nc1ccccn1. The topological polar surface area (TPSA) is 73.3 Å². The molecule has 0 unspecified atom stereocenters. The zero-order chi connectivity index (χ0) is 18.5. The van der Waals surface area contributed by atoms with E-state index in [-0.39, 0.29) is 12.0 Å². The number of hydrogen-bond donors (Lipinski definition) is 1. The lowest BCUT2D eigenvalue weighted by molar-refractivity contribution is -0.118. The Morgan fingerprint density at radius 1 is 1.11 bits per heavy atom. The fourth-order valence-electron chi connectivity index (χ4n) is 3.81. The largest absolute Gasteiger partial charge is 0.474 e. The second-order valence-corrected chi connectivity index (χ2v) is 7.33. The number of pyridine rings is 2. The van der Waals surface area contributed by atoms with Gasteiger partial charge in [0.2, 0.25) is 11.8 Å². The normalized spacial score (nSPS) is 22.7. The molecular formula is C21H25N3O3. The van der Waals surface area contributed by atoms with Crippen LogP contribution in [0.4, 0.5) is 5.82 Å². The lowest BCUT2D eigenvalue weighted by atomic mass is 9.80. The molecule has 1 aliphatic heterocycles. The molecule has 4 rings (SSSR count). The van der Waals surface area contributed by atoms with Gasteiger partial charge in [-0.3, -0.25) is 4.79 Å². The molecule has 1 aliphatic carbocycles. The molecule has 0 atom stereocenters. The van der Waals surface area contributed by atoms with Gasteiger partial charge in [-0.25, -0.2) is 9.97 Å². The molecule has 0 spiro atoms. The van der Waals surface area contributed by atoms with E-state index < -0.39 is 0 Å². The van der Waals surface area contributed by atoms with Crippen molar-refractivity contribution >= 4 is 11.7 Å². The third-order valence-electron chi connectivity index (χ3n) is 5.34. The van der Waals surface area contributed by atoms with E-state index in [2.05, 4.69) is 21.4 Å². The van der Waals surface area contributed by atoms with Crippen molar-refractivity contribution in [2.45, 2.75) is 44.1 Å². The van der Waals surface area contributed by atoms with Crippen LogP contribution in [0.1, 0.15) is 43.6 Å². The van der Waals surface area contributed by atoms with Gasteiger partial charge in [-0.15, -0.1) is 0 Å². The minimum absolute atomic E-state index is 0.0119. The fourth-order valence-corrected chi connectivity index (χ4v) is 3.81. The van der Waals surface area contributed by atoms with Crippen LogP contribution in [-0.2, 0) is 9.53 Å². The van der Waals surface area contributed by atoms with Crippen molar-refractivity contribution in [2.24, 2.45) is 5.92 Å². The monoisotopic (exact) mass is 367 g/mol. The quantitative estimate of drug-likeness (QED) is 0.845. The number of ether oxygens (including phenoxy) is 2. The number of nitrogens with zero attached hydrogens (tertiary/aromatic N) is 2. The third kappa shape index (κ3) is 4.63. The van der Waals surface area contributed by atoms with Crippen LogP contribution in [0.5, 0.6) is 5.88 Å². The van der Waals surface area contributed by atoms with Crippen molar-refractivity contribution in [1.29, 1.82) is 0 Å². The fraction of sp³-hybridized carbons (Fsp3) is 0.476. The van der Waals surface area contributed by atoms with Crippen molar-refractivity contribution in [3.05, 3.63) is 48.3 Å². The minimum atomic E-state index is 0.0119. The van der Waals surface area contributed by atoms with E-state index in [9.17, 15) is 4.79 Å². The van der Waals surface area contributed by atoms with Crippen LogP contribution in [-0.4, -0.2) is 35.2 Å². The highest BCUT2D eigenvalue weighted by Gasteiger charge is 2.33. The van der Waals surface area contributed by atoms with Gasteiger partial charge in [0.15, 0.2) is 0 Å². The highest BCUT2D eigenvalue weighted by Crippen LogP contribution is 2.37. The Morgan fingerprint density at radius 3 is 2.70 bits per heavy atom. The van der Waals surface area contributed by atoms with E-state index in [4.69, 9.17) is 9.47 Å². The molecule has 2 aromatic heterocycles. The van der Waals surface area contributed by atoms with Gasteiger partial charge in [-0.05, 0) is 55.7 Å². The van der Waals surface area contributed by atoms with Crippen LogP contribution in [0.25, 0.3) is 0 Å². The van der Waals surface area contributed by atoms with Gasteiger partial charge >= 0.3 is 0 Å². The van der Waals surface area contributed by atoms with Crippen LogP contribution >= 0.6 is 0 Å². The summed E-state index contributed by atoms with van der Waals surface area (Å²) >= 11 is 0. The summed E-state index contributed by atoms with van der Waals surface area (Å²) in [5.74, 6) is 2.18. The molecule has 27 heavy (non-hydrogen) atoms. The van der Waals surface area contributed by atoms with Crippen LogP contribution in [0, 0.1) is 5.92 Å². The molecule has 1 saturated carbocycles. The molecule has 6 heteroatoms. The van der Waals surface area contributed by atoms with Gasteiger partial charge in [0, 0.05) is 37.6 Å². The van der Waals surface area contributed by atoms with Crippen molar-refractivity contribution < 1.29 is 14.3 Å². The number of rotatable bonds is 6. The number of carbonyl (C=O) groups excluding carboxylic acids is 1. The molecule has 142 valence electrons. The second kappa shape index (κ2) is 8.48. The highest BCUT2D eigenvalue weighted by atomic mass is 16.5. The summed E-state index contributed by atoms with van der Waals surface area (Å²) in [6.07, 6.45) is 7.92. The Balaban J connectivity index is 1.26. The average Bonchev–Trinajstić information content (AvgIpc) is 2.68. The summed E-state index contributed by atoms with van der Waals surface area (Å²) < 4.78 is 11.6. The van der Waals surface area contributed by atoms with E-state index in [1.165, 1.54) is 5.56 Å². The maximum absolute atomic E-state index is 12.1. The summed E-state index contributed by atoms with van der Waals surface area (Å²) in [6.45, 7) is 1.60. The zero-order valence-electron chi connectivity index (χ0n) is 15.3. The van der Waals surface area contributed by atoms with E-state index in [1.807, 2.05) is 18.2 Å². The first kappa shape index (κ1) is 17.9. The first-order valence-corrected chi connectivity index (χ1v) is 9.68. The summed E-state index contributed by atoms with van der Waals surface area (Å²) in [5.41, 5.74) is 1.19. The van der Waals surface area contributed by atoms with Crippen LogP contribution in [0.2, 0.25) is 0 Å². The van der Waals surface area contributed by atoms with Crippen molar-refractivity contribution in [1.82, 2.24) is 9.97 Å². The molecule has 2 fully saturated rings. The molecule has 0 radical (unpaired) electrons. The number of carbonyl (C=O) groups is 1. The smallest absolute Gasteiger partial charge is 0.225 e. The second-order valence-electron chi connectivity index (χ2n) is 7.33. The summed E-state index contributed by atoms with van der Waals surface area (Å²) in [6, 6.07) is 9.58. The Hall–Kier alpha value is -2.47. The Bertz CT molecular complexity index is 756. The molecule has 1 N–H and O–H groups in total. The first-order chi connectivity index (χ1) is 13.3. The van der Waals surface area contributed by atoms with E-state index in [1.54, 1.807) is 18.5 Å².